The van der Waals surface area contributed by atoms with Gasteiger partial charge in [0.2, 0.25) is 0 Å². The number of hydrogen-bond acceptors (Lipinski definition) is 5. The molecular formula is C19H15BrF2N6O. The van der Waals surface area contributed by atoms with Crippen molar-refractivity contribution in [3.05, 3.63) is 76.0 Å². The molecule has 1 aromatic carbocycles. The van der Waals surface area contributed by atoms with Gasteiger partial charge < -0.3 is 15.6 Å². The van der Waals surface area contributed by atoms with Gasteiger partial charge in [-0.2, -0.15) is 0 Å². The molecule has 0 saturated heterocycles. The van der Waals surface area contributed by atoms with Crippen LogP contribution in [0.4, 0.5) is 14.5 Å². The molecule has 0 unspecified atom stereocenters. The van der Waals surface area contributed by atoms with Crippen LogP contribution in [-0.4, -0.2) is 26.3 Å². The van der Waals surface area contributed by atoms with Crippen LogP contribution in [0, 0.1) is 11.6 Å². The van der Waals surface area contributed by atoms with Crippen molar-refractivity contribution >= 4 is 33.4 Å². The molecule has 3 aromatic rings. The summed E-state index contributed by atoms with van der Waals surface area (Å²) >= 11 is 3.30. The van der Waals surface area contributed by atoms with Gasteiger partial charge in [-0.05, 0) is 53.2 Å². The number of benzene rings is 1. The fourth-order valence-corrected chi connectivity index (χ4v) is 3.67. The third-order valence-electron chi connectivity index (χ3n) is 4.59. The van der Waals surface area contributed by atoms with Gasteiger partial charge in [-0.1, -0.05) is 0 Å². The van der Waals surface area contributed by atoms with Crippen molar-refractivity contribution in [2.24, 2.45) is 10.7 Å². The Balaban J connectivity index is 1.66. The SMILES string of the molecule is C[C@@]1(c2cc(NC(=O)c3ccc(F)cn3)ccc2F)Cn2cc(Br)nc2C(N)=N1. The Bertz CT molecular complexity index is 1140. The molecule has 1 amide bonds. The number of nitrogens with zero attached hydrogens (tertiary/aromatic N) is 4. The van der Waals surface area contributed by atoms with Crippen LogP contribution in [0.5, 0.6) is 0 Å². The standard InChI is InChI=1S/C19H15BrF2N6O/c1-19(9-28-8-15(20)26-17(28)16(23)27-19)12-6-11(3-4-13(12)22)25-18(29)14-5-2-10(21)7-24-14/h2-8H,9H2,1H3,(H2,23,27)(H,25,29)/t19-/m0/s1. The summed E-state index contributed by atoms with van der Waals surface area (Å²) in [6, 6.07) is 6.59. The molecule has 0 bridgehead atoms. The van der Waals surface area contributed by atoms with E-state index in [0.29, 0.717) is 22.7 Å². The molecular weight excluding hydrogens is 446 g/mol. The Labute approximate surface area is 172 Å². The number of carbonyl (C=O) groups excluding carboxylic acids is 1. The first-order chi connectivity index (χ1) is 13.7. The van der Waals surface area contributed by atoms with E-state index in [-0.39, 0.29) is 17.1 Å². The lowest BCUT2D eigenvalue weighted by Crippen LogP contribution is -2.37. The number of hydrogen-bond donors (Lipinski definition) is 2. The van der Waals surface area contributed by atoms with Crippen LogP contribution in [0.15, 0.2) is 52.3 Å². The Hall–Kier alpha value is -3.14. The predicted molar refractivity (Wildman–Crippen MR) is 107 cm³/mol. The second-order valence-electron chi connectivity index (χ2n) is 6.80. The molecule has 1 aliphatic rings. The number of nitrogens with one attached hydrogen (secondary N) is 1. The number of nitrogens with two attached hydrogens (primary N) is 1. The summed E-state index contributed by atoms with van der Waals surface area (Å²) in [4.78, 5) is 24.8. The van der Waals surface area contributed by atoms with Crippen molar-refractivity contribution in [1.82, 2.24) is 14.5 Å². The maximum atomic E-state index is 14.7. The van der Waals surface area contributed by atoms with Gasteiger partial charge >= 0.3 is 0 Å². The van der Waals surface area contributed by atoms with E-state index in [1.807, 2.05) is 0 Å². The number of rotatable bonds is 3. The van der Waals surface area contributed by atoms with E-state index in [4.69, 9.17) is 5.73 Å². The van der Waals surface area contributed by atoms with Gasteiger partial charge in [-0.25, -0.2) is 18.7 Å². The lowest BCUT2D eigenvalue weighted by Gasteiger charge is -2.31. The van der Waals surface area contributed by atoms with Crippen LogP contribution in [0.25, 0.3) is 0 Å². The molecule has 3 N–H and O–H groups in total. The molecule has 4 rings (SSSR count). The molecule has 0 aliphatic carbocycles. The van der Waals surface area contributed by atoms with Gasteiger partial charge in [0.05, 0.1) is 12.7 Å². The molecule has 29 heavy (non-hydrogen) atoms. The van der Waals surface area contributed by atoms with Gasteiger partial charge in [0.25, 0.3) is 5.91 Å². The van der Waals surface area contributed by atoms with Gasteiger partial charge in [0, 0.05) is 17.4 Å². The molecule has 1 aliphatic heterocycles. The quantitative estimate of drug-likeness (QED) is 0.626. The number of amidine groups is 1. The third-order valence-corrected chi connectivity index (χ3v) is 4.97. The number of aromatic nitrogens is 3. The van der Waals surface area contributed by atoms with Crippen molar-refractivity contribution in [3.8, 4) is 0 Å². The summed E-state index contributed by atoms with van der Waals surface area (Å²) in [5.74, 6) is -0.878. The van der Waals surface area contributed by atoms with Crippen molar-refractivity contribution < 1.29 is 13.6 Å². The van der Waals surface area contributed by atoms with E-state index < -0.39 is 23.1 Å². The van der Waals surface area contributed by atoms with Gasteiger partial charge in [-0.15, -0.1) is 0 Å². The first-order valence-electron chi connectivity index (χ1n) is 8.56. The first kappa shape index (κ1) is 19.2. The van der Waals surface area contributed by atoms with E-state index in [1.54, 1.807) is 17.7 Å². The third kappa shape index (κ3) is 3.63. The number of fused-ring (bicyclic) bond motifs is 1. The maximum Gasteiger partial charge on any atom is 0.274 e. The monoisotopic (exact) mass is 460 g/mol. The molecule has 10 heteroatoms. The Morgan fingerprint density at radius 3 is 2.83 bits per heavy atom. The summed E-state index contributed by atoms with van der Waals surface area (Å²) in [6.07, 6.45) is 2.70. The zero-order valence-corrected chi connectivity index (χ0v) is 16.7. The molecule has 7 nitrogen and oxygen atoms in total. The lowest BCUT2D eigenvalue weighted by atomic mass is 9.90. The molecule has 0 saturated carbocycles. The minimum Gasteiger partial charge on any atom is -0.381 e. The van der Waals surface area contributed by atoms with Crippen molar-refractivity contribution in [3.63, 3.8) is 0 Å². The zero-order valence-electron chi connectivity index (χ0n) is 15.2. The Kier molecular flexibility index (Phi) is 4.65. The number of carbonyl (C=O) groups is 1. The second kappa shape index (κ2) is 7.03. The minimum atomic E-state index is -1.00. The Morgan fingerprint density at radius 2 is 2.10 bits per heavy atom. The van der Waals surface area contributed by atoms with Crippen LogP contribution in [0.3, 0.4) is 0 Å². The molecule has 3 heterocycles. The van der Waals surface area contributed by atoms with Crippen molar-refractivity contribution in [2.75, 3.05) is 5.32 Å². The molecule has 148 valence electrons. The largest absolute Gasteiger partial charge is 0.381 e. The molecule has 1 atom stereocenters. The summed E-state index contributed by atoms with van der Waals surface area (Å²) in [5.41, 5.74) is 5.70. The maximum absolute atomic E-state index is 14.7. The topological polar surface area (TPSA) is 98.2 Å². The summed E-state index contributed by atoms with van der Waals surface area (Å²) in [6.45, 7) is 2.07. The first-order valence-corrected chi connectivity index (χ1v) is 9.36. The Morgan fingerprint density at radius 1 is 1.31 bits per heavy atom. The summed E-state index contributed by atoms with van der Waals surface area (Å²) < 4.78 is 30.1. The van der Waals surface area contributed by atoms with E-state index in [2.05, 4.69) is 36.2 Å². The number of imidazole rings is 1. The minimum absolute atomic E-state index is 0.0383. The number of pyridine rings is 1. The van der Waals surface area contributed by atoms with E-state index in [9.17, 15) is 13.6 Å². The number of aliphatic imine (C=N–C) groups is 1. The molecule has 0 radical (unpaired) electrons. The van der Waals surface area contributed by atoms with Crippen molar-refractivity contribution in [1.29, 1.82) is 0 Å². The number of amides is 1. The van der Waals surface area contributed by atoms with Gasteiger partial charge in [0.1, 0.15) is 27.5 Å². The number of anilines is 1. The highest BCUT2D eigenvalue weighted by Crippen LogP contribution is 2.35. The second-order valence-corrected chi connectivity index (χ2v) is 7.61. The van der Waals surface area contributed by atoms with Crippen LogP contribution >= 0.6 is 15.9 Å². The van der Waals surface area contributed by atoms with Crippen LogP contribution in [0.1, 0.15) is 28.8 Å². The molecule has 0 spiro atoms. The average Bonchev–Trinajstić information content (AvgIpc) is 3.04. The average molecular weight is 461 g/mol. The summed E-state index contributed by atoms with van der Waals surface area (Å²) in [5, 5.41) is 2.64. The van der Waals surface area contributed by atoms with E-state index in [0.717, 1.165) is 12.3 Å². The molecule has 2 aromatic heterocycles. The number of halogens is 3. The highest BCUT2D eigenvalue weighted by molar-refractivity contribution is 9.10. The van der Waals surface area contributed by atoms with Crippen molar-refractivity contribution in [2.45, 2.75) is 19.0 Å². The van der Waals surface area contributed by atoms with E-state index >= 15 is 0 Å². The highest BCUT2D eigenvalue weighted by Gasteiger charge is 2.35. The summed E-state index contributed by atoms with van der Waals surface area (Å²) in [7, 11) is 0. The lowest BCUT2D eigenvalue weighted by molar-refractivity contribution is 0.102. The van der Waals surface area contributed by atoms with Crippen LogP contribution in [0.2, 0.25) is 0 Å². The van der Waals surface area contributed by atoms with E-state index in [1.165, 1.54) is 24.3 Å². The fraction of sp³-hybridized carbons (Fsp3) is 0.158. The van der Waals surface area contributed by atoms with Gasteiger partial charge in [0.15, 0.2) is 11.7 Å². The zero-order chi connectivity index (χ0) is 20.8. The van der Waals surface area contributed by atoms with Crippen LogP contribution in [-0.2, 0) is 12.1 Å². The smallest absolute Gasteiger partial charge is 0.274 e. The normalized spacial score (nSPS) is 18.1. The van der Waals surface area contributed by atoms with Gasteiger partial charge in [-0.3, -0.25) is 9.79 Å². The van der Waals surface area contributed by atoms with Crippen LogP contribution < -0.4 is 11.1 Å². The predicted octanol–water partition coefficient (Wildman–Crippen LogP) is 3.21. The highest BCUT2D eigenvalue weighted by atomic mass is 79.9. The fourth-order valence-electron chi connectivity index (χ4n) is 3.26. The molecule has 0 fully saturated rings.